The van der Waals surface area contributed by atoms with Crippen molar-refractivity contribution in [1.82, 2.24) is 4.90 Å². The molecule has 27 heavy (non-hydrogen) atoms. The summed E-state index contributed by atoms with van der Waals surface area (Å²) < 4.78 is 5.37. The highest BCUT2D eigenvalue weighted by molar-refractivity contribution is 5.94. The van der Waals surface area contributed by atoms with E-state index < -0.39 is 0 Å². The zero-order chi connectivity index (χ0) is 19.1. The second kappa shape index (κ2) is 9.55. The Morgan fingerprint density at radius 2 is 1.96 bits per heavy atom. The van der Waals surface area contributed by atoms with E-state index in [9.17, 15) is 9.59 Å². The average Bonchev–Trinajstić information content (AvgIpc) is 3.20. The highest BCUT2D eigenvalue weighted by Crippen LogP contribution is 2.21. The van der Waals surface area contributed by atoms with Crippen molar-refractivity contribution in [3.05, 3.63) is 36.4 Å². The maximum atomic E-state index is 12.4. The van der Waals surface area contributed by atoms with Gasteiger partial charge in [-0.15, -0.1) is 0 Å². The van der Waals surface area contributed by atoms with Gasteiger partial charge in [0, 0.05) is 37.4 Å². The van der Waals surface area contributed by atoms with Crippen LogP contribution < -0.4 is 10.2 Å². The molecule has 6 heteroatoms. The summed E-state index contributed by atoms with van der Waals surface area (Å²) in [7, 11) is 0. The molecule has 2 amide bonds. The molecule has 0 radical (unpaired) electrons. The average molecular weight is 371 g/mol. The van der Waals surface area contributed by atoms with E-state index in [0.29, 0.717) is 18.9 Å². The molecule has 1 heterocycles. The Hall–Kier alpha value is -2.34. The van der Waals surface area contributed by atoms with Crippen LogP contribution in [0.5, 0.6) is 0 Å². The zero-order valence-electron chi connectivity index (χ0n) is 16.0. The number of likely N-dealkylation sites (N-methyl/N-ethyl adjacent to an activating group) is 1. The molecule has 2 aliphatic rings. The van der Waals surface area contributed by atoms with Gasteiger partial charge in [0.05, 0.1) is 19.8 Å². The maximum absolute atomic E-state index is 12.4. The molecule has 1 aromatic rings. The quantitative estimate of drug-likeness (QED) is 0.749. The second-order valence-corrected chi connectivity index (χ2v) is 7.07. The minimum Gasteiger partial charge on any atom is -0.378 e. The van der Waals surface area contributed by atoms with Crippen LogP contribution >= 0.6 is 0 Å². The molecule has 0 bridgehead atoms. The van der Waals surface area contributed by atoms with Gasteiger partial charge in [-0.1, -0.05) is 12.2 Å². The van der Waals surface area contributed by atoms with Crippen LogP contribution in [0.15, 0.2) is 36.4 Å². The van der Waals surface area contributed by atoms with Gasteiger partial charge >= 0.3 is 0 Å². The molecule has 1 atom stereocenters. The van der Waals surface area contributed by atoms with Gasteiger partial charge in [0.15, 0.2) is 0 Å². The highest BCUT2D eigenvalue weighted by Gasteiger charge is 2.20. The van der Waals surface area contributed by atoms with Crippen LogP contribution in [0.4, 0.5) is 11.4 Å². The minimum absolute atomic E-state index is 0.0480. The molecule has 1 aliphatic carbocycles. The van der Waals surface area contributed by atoms with Gasteiger partial charge < -0.3 is 19.9 Å². The van der Waals surface area contributed by atoms with Gasteiger partial charge in [0.1, 0.15) is 0 Å². The number of morpholine rings is 1. The summed E-state index contributed by atoms with van der Waals surface area (Å²) in [6, 6.07) is 7.83. The van der Waals surface area contributed by atoms with E-state index in [1.165, 1.54) is 0 Å². The lowest BCUT2D eigenvalue weighted by Crippen LogP contribution is -2.38. The summed E-state index contributed by atoms with van der Waals surface area (Å²) in [5.74, 6) is 0.209. The third-order valence-corrected chi connectivity index (χ3v) is 5.15. The first-order valence-electron chi connectivity index (χ1n) is 9.82. The molecular formula is C21H29N3O3. The smallest absolute Gasteiger partial charge is 0.243 e. The van der Waals surface area contributed by atoms with Crippen LogP contribution in [0.25, 0.3) is 0 Å². The molecular weight excluding hydrogens is 342 g/mol. The summed E-state index contributed by atoms with van der Waals surface area (Å²) >= 11 is 0. The van der Waals surface area contributed by atoms with E-state index >= 15 is 0 Å². The standard InChI is InChI=1S/C21H29N3O3/c1-2-23(21(26)15-17-5-3-4-6-17)16-20(25)22-18-7-9-19(10-8-18)24-11-13-27-14-12-24/h3,5,7-10,17H,2,4,6,11-16H2,1H3,(H,22,25). The van der Waals surface area contributed by atoms with E-state index in [4.69, 9.17) is 4.74 Å². The number of carbonyl (C=O) groups is 2. The van der Waals surface area contributed by atoms with Gasteiger partial charge in [-0.25, -0.2) is 0 Å². The second-order valence-electron chi connectivity index (χ2n) is 7.07. The SMILES string of the molecule is CCN(CC(=O)Nc1ccc(N2CCOCC2)cc1)C(=O)CC1C=CCC1. The van der Waals surface area contributed by atoms with E-state index in [-0.39, 0.29) is 18.4 Å². The summed E-state index contributed by atoms with van der Waals surface area (Å²) in [5.41, 5.74) is 1.88. The highest BCUT2D eigenvalue weighted by atomic mass is 16.5. The number of hydrogen-bond acceptors (Lipinski definition) is 4. The molecule has 0 saturated carbocycles. The molecule has 1 saturated heterocycles. The van der Waals surface area contributed by atoms with Crippen molar-refractivity contribution in [1.29, 1.82) is 0 Å². The fraction of sp³-hybridized carbons (Fsp3) is 0.524. The summed E-state index contributed by atoms with van der Waals surface area (Å²) in [6.45, 7) is 5.80. The third kappa shape index (κ3) is 5.57. The molecule has 6 nitrogen and oxygen atoms in total. The zero-order valence-corrected chi connectivity index (χ0v) is 16.0. The van der Waals surface area contributed by atoms with Crippen molar-refractivity contribution >= 4 is 23.2 Å². The molecule has 1 aliphatic heterocycles. The van der Waals surface area contributed by atoms with Crippen molar-refractivity contribution in [2.24, 2.45) is 5.92 Å². The molecule has 0 spiro atoms. The molecule has 1 N–H and O–H groups in total. The van der Waals surface area contributed by atoms with Crippen LogP contribution in [0.1, 0.15) is 26.2 Å². The Morgan fingerprint density at radius 3 is 2.59 bits per heavy atom. The largest absolute Gasteiger partial charge is 0.378 e. The number of allylic oxidation sites excluding steroid dienone is 2. The maximum Gasteiger partial charge on any atom is 0.243 e. The van der Waals surface area contributed by atoms with Crippen LogP contribution in [-0.2, 0) is 14.3 Å². The van der Waals surface area contributed by atoms with Gasteiger partial charge in [-0.05, 0) is 49.9 Å². The molecule has 1 aromatic carbocycles. The number of carbonyl (C=O) groups excluding carboxylic acids is 2. The number of nitrogens with zero attached hydrogens (tertiary/aromatic N) is 2. The van der Waals surface area contributed by atoms with Crippen molar-refractivity contribution in [2.45, 2.75) is 26.2 Å². The van der Waals surface area contributed by atoms with Gasteiger partial charge in [-0.3, -0.25) is 9.59 Å². The predicted molar refractivity (Wildman–Crippen MR) is 107 cm³/mol. The fourth-order valence-corrected chi connectivity index (χ4v) is 3.55. The Labute approximate surface area is 161 Å². The van der Waals surface area contributed by atoms with Crippen LogP contribution in [0.3, 0.4) is 0 Å². The first-order valence-corrected chi connectivity index (χ1v) is 9.82. The predicted octanol–water partition coefficient (Wildman–Crippen LogP) is 2.67. The van der Waals surface area contributed by atoms with Crippen molar-refractivity contribution in [2.75, 3.05) is 49.6 Å². The molecule has 3 rings (SSSR count). The van der Waals surface area contributed by atoms with Gasteiger partial charge in [0.2, 0.25) is 11.8 Å². The summed E-state index contributed by atoms with van der Waals surface area (Å²) in [4.78, 5) is 28.7. The Morgan fingerprint density at radius 1 is 1.22 bits per heavy atom. The first kappa shape index (κ1) is 19.4. The van der Waals surface area contributed by atoms with E-state index in [0.717, 1.165) is 50.5 Å². The number of nitrogens with one attached hydrogen (secondary N) is 1. The molecule has 146 valence electrons. The lowest BCUT2D eigenvalue weighted by Gasteiger charge is -2.29. The van der Waals surface area contributed by atoms with Gasteiger partial charge in [-0.2, -0.15) is 0 Å². The van der Waals surface area contributed by atoms with Crippen molar-refractivity contribution in [3.63, 3.8) is 0 Å². The topological polar surface area (TPSA) is 61.9 Å². The Kier molecular flexibility index (Phi) is 6.87. The number of benzene rings is 1. The number of anilines is 2. The van der Waals surface area contributed by atoms with E-state index in [2.05, 4.69) is 22.4 Å². The van der Waals surface area contributed by atoms with Crippen LogP contribution in [0.2, 0.25) is 0 Å². The number of hydrogen-bond donors (Lipinski definition) is 1. The van der Waals surface area contributed by atoms with Crippen LogP contribution in [-0.4, -0.2) is 56.1 Å². The summed E-state index contributed by atoms with van der Waals surface area (Å²) in [5, 5.41) is 2.90. The van der Waals surface area contributed by atoms with Crippen molar-refractivity contribution in [3.8, 4) is 0 Å². The summed E-state index contributed by atoms with van der Waals surface area (Å²) in [6.07, 6.45) is 6.81. The minimum atomic E-state index is -0.161. The monoisotopic (exact) mass is 371 g/mol. The first-order chi connectivity index (χ1) is 13.2. The lowest BCUT2D eigenvalue weighted by molar-refractivity contribution is -0.135. The Bertz CT molecular complexity index is 666. The van der Waals surface area contributed by atoms with E-state index in [1.807, 2.05) is 31.2 Å². The van der Waals surface area contributed by atoms with E-state index in [1.54, 1.807) is 4.90 Å². The number of amides is 2. The number of rotatable bonds is 7. The number of ether oxygens (including phenoxy) is 1. The Balaban J connectivity index is 1.49. The lowest BCUT2D eigenvalue weighted by atomic mass is 10.0. The van der Waals surface area contributed by atoms with Gasteiger partial charge in [0.25, 0.3) is 0 Å². The molecule has 1 fully saturated rings. The third-order valence-electron chi connectivity index (χ3n) is 5.15. The normalized spacial score (nSPS) is 19.1. The van der Waals surface area contributed by atoms with Crippen molar-refractivity contribution < 1.29 is 14.3 Å². The fourth-order valence-electron chi connectivity index (χ4n) is 3.55. The molecule has 1 unspecified atom stereocenters. The van der Waals surface area contributed by atoms with Crippen LogP contribution in [0, 0.1) is 5.92 Å². The molecule has 0 aromatic heterocycles.